The zero-order valence-corrected chi connectivity index (χ0v) is 11.3. The molecule has 4 heteroatoms. The number of thioether (sulfide) groups is 1. The van der Waals surface area contributed by atoms with E-state index in [4.69, 9.17) is 0 Å². The Bertz CT molecular complexity index is 511. The van der Waals surface area contributed by atoms with E-state index in [0.29, 0.717) is 5.25 Å². The summed E-state index contributed by atoms with van der Waals surface area (Å²) < 4.78 is 0. The first-order valence-corrected chi connectivity index (χ1v) is 6.86. The lowest BCUT2D eigenvalue weighted by Gasteiger charge is -2.08. The van der Waals surface area contributed by atoms with E-state index in [0.717, 1.165) is 34.6 Å². The van der Waals surface area contributed by atoms with Gasteiger partial charge in [-0.2, -0.15) is 0 Å². The minimum Gasteiger partial charge on any atom is -0.262 e. The van der Waals surface area contributed by atoms with E-state index < -0.39 is 0 Å². The second-order valence-corrected chi connectivity index (χ2v) is 5.81. The molecule has 0 aliphatic heterocycles. The molecular weight excluding hydrogens is 230 g/mol. The monoisotopic (exact) mass is 247 g/mol. The number of hydrogen-bond acceptors (Lipinski definition) is 4. The molecule has 0 amide bonds. The van der Waals surface area contributed by atoms with E-state index in [9.17, 15) is 0 Å². The molecule has 0 fully saturated rings. The molecule has 0 spiro atoms. The zero-order valence-electron chi connectivity index (χ0n) is 10.5. The Labute approximate surface area is 106 Å². The summed E-state index contributed by atoms with van der Waals surface area (Å²) >= 11 is 1.70. The first kappa shape index (κ1) is 12.3. The van der Waals surface area contributed by atoms with Crippen molar-refractivity contribution < 1.29 is 0 Å². The average molecular weight is 247 g/mol. The highest BCUT2D eigenvalue weighted by Crippen LogP contribution is 2.23. The van der Waals surface area contributed by atoms with Gasteiger partial charge in [0.15, 0.2) is 5.16 Å². The van der Waals surface area contributed by atoms with Gasteiger partial charge in [0.05, 0.1) is 17.4 Å². The molecule has 90 valence electrons. The first-order valence-electron chi connectivity index (χ1n) is 5.98. The maximum atomic E-state index is 4.65. The normalized spacial score (nSPS) is 11.3. The van der Waals surface area contributed by atoms with Gasteiger partial charge in [-0.3, -0.25) is 4.98 Å². The summed E-state index contributed by atoms with van der Waals surface area (Å²) in [6.45, 7) is 6.48. The number of aromatic nitrogens is 3. The molecule has 0 unspecified atom stereocenters. The summed E-state index contributed by atoms with van der Waals surface area (Å²) in [4.78, 5) is 13.3. The van der Waals surface area contributed by atoms with Gasteiger partial charge in [-0.15, -0.1) is 0 Å². The third-order valence-corrected chi connectivity index (χ3v) is 3.25. The Morgan fingerprint density at radius 3 is 2.82 bits per heavy atom. The number of nitrogens with zero attached hydrogens (tertiary/aromatic N) is 3. The van der Waals surface area contributed by atoms with Crippen LogP contribution in [0.4, 0.5) is 0 Å². The maximum absolute atomic E-state index is 4.65. The molecule has 3 nitrogen and oxygen atoms in total. The highest BCUT2D eigenvalue weighted by atomic mass is 32.2. The summed E-state index contributed by atoms with van der Waals surface area (Å²) in [6.07, 6.45) is 5.72. The predicted octanol–water partition coefficient (Wildman–Crippen LogP) is 3.48. The van der Waals surface area contributed by atoms with Crippen LogP contribution in [0.15, 0.2) is 23.6 Å². The summed E-state index contributed by atoms with van der Waals surface area (Å²) in [5.41, 5.74) is 2.09. The van der Waals surface area contributed by atoms with Crippen LogP contribution in [-0.2, 0) is 6.42 Å². The first-order chi connectivity index (χ1) is 8.20. The van der Waals surface area contributed by atoms with E-state index in [1.807, 2.05) is 12.3 Å². The quantitative estimate of drug-likeness (QED) is 0.612. The molecule has 2 aromatic rings. The summed E-state index contributed by atoms with van der Waals surface area (Å²) in [5.74, 6) is 0. The Morgan fingerprint density at radius 1 is 1.29 bits per heavy atom. The molecule has 2 aromatic heterocycles. The van der Waals surface area contributed by atoms with E-state index in [1.54, 1.807) is 18.0 Å². The molecule has 0 atom stereocenters. The van der Waals surface area contributed by atoms with Crippen LogP contribution in [0.1, 0.15) is 32.9 Å². The van der Waals surface area contributed by atoms with Crippen molar-refractivity contribution in [3.63, 3.8) is 0 Å². The fourth-order valence-corrected chi connectivity index (χ4v) is 2.45. The summed E-state index contributed by atoms with van der Waals surface area (Å²) in [5, 5.41) is 2.50. The van der Waals surface area contributed by atoms with Crippen LogP contribution in [0.5, 0.6) is 0 Å². The molecular formula is C13H17N3S. The minimum atomic E-state index is 0.499. The van der Waals surface area contributed by atoms with Crippen LogP contribution in [0.2, 0.25) is 0 Å². The van der Waals surface area contributed by atoms with Crippen LogP contribution in [0.25, 0.3) is 10.9 Å². The molecule has 17 heavy (non-hydrogen) atoms. The lowest BCUT2D eigenvalue weighted by Crippen LogP contribution is -1.99. The van der Waals surface area contributed by atoms with Crippen LogP contribution in [0, 0.1) is 0 Å². The number of aryl methyl sites for hydroxylation is 1. The number of rotatable bonds is 4. The van der Waals surface area contributed by atoms with Crippen LogP contribution in [0.3, 0.4) is 0 Å². The summed E-state index contributed by atoms with van der Waals surface area (Å²) in [6, 6.07) is 2.00. The van der Waals surface area contributed by atoms with Gasteiger partial charge in [-0.05, 0) is 12.5 Å². The van der Waals surface area contributed by atoms with Crippen molar-refractivity contribution in [3.8, 4) is 0 Å². The third kappa shape index (κ3) is 2.94. The van der Waals surface area contributed by atoms with Crippen LogP contribution in [-0.4, -0.2) is 20.2 Å². The van der Waals surface area contributed by atoms with Crippen molar-refractivity contribution in [2.24, 2.45) is 0 Å². The van der Waals surface area contributed by atoms with Crippen LogP contribution < -0.4 is 0 Å². The molecule has 0 aromatic carbocycles. The number of fused-ring (bicyclic) bond motifs is 1. The molecule has 0 saturated carbocycles. The zero-order chi connectivity index (χ0) is 12.3. The highest BCUT2D eigenvalue weighted by molar-refractivity contribution is 7.99. The van der Waals surface area contributed by atoms with E-state index in [-0.39, 0.29) is 0 Å². The van der Waals surface area contributed by atoms with E-state index in [2.05, 4.69) is 35.7 Å². The van der Waals surface area contributed by atoms with Gasteiger partial charge in [0.2, 0.25) is 0 Å². The average Bonchev–Trinajstić information content (AvgIpc) is 2.28. The second-order valence-electron chi connectivity index (χ2n) is 4.26. The fraction of sp³-hybridized carbons (Fsp3) is 0.462. The molecule has 0 saturated heterocycles. The van der Waals surface area contributed by atoms with Gasteiger partial charge in [-0.1, -0.05) is 39.0 Å². The summed E-state index contributed by atoms with van der Waals surface area (Å²) in [7, 11) is 0. The molecule has 2 heterocycles. The van der Waals surface area contributed by atoms with Crippen LogP contribution >= 0.6 is 11.8 Å². The van der Waals surface area contributed by atoms with Gasteiger partial charge in [-0.25, -0.2) is 9.97 Å². The van der Waals surface area contributed by atoms with Crippen molar-refractivity contribution in [2.75, 3.05) is 0 Å². The minimum absolute atomic E-state index is 0.499. The maximum Gasteiger partial charge on any atom is 0.188 e. The predicted molar refractivity (Wildman–Crippen MR) is 72.3 cm³/mol. The molecule has 0 aliphatic carbocycles. The fourth-order valence-electron chi connectivity index (χ4n) is 1.71. The second kappa shape index (κ2) is 5.45. The number of pyridine rings is 1. The third-order valence-electron chi connectivity index (χ3n) is 2.39. The Kier molecular flexibility index (Phi) is 3.94. The Balaban J connectivity index is 2.50. The van der Waals surface area contributed by atoms with Crippen molar-refractivity contribution in [1.82, 2.24) is 15.0 Å². The van der Waals surface area contributed by atoms with Crippen molar-refractivity contribution in [3.05, 3.63) is 24.2 Å². The topological polar surface area (TPSA) is 38.7 Å². The standard InChI is InChI=1S/C13H17N3S/c1-4-5-11-10-6-7-14-8-12(10)16-13(15-11)17-9(2)3/h6-9H,4-5H2,1-3H3. The van der Waals surface area contributed by atoms with Gasteiger partial charge >= 0.3 is 0 Å². The lowest BCUT2D eigenvalue weighted by molar-refractivity contribution is 0.845. The lowest BCUT2D eigenvalue weighted by atomic mass is 10.1. The molecule has 0 radical (unpaired) electrons. The van der Waals surface area contributed by atoms with Gasteiger partial charge < -0.3 is 0 Å². The number of hydrogen-bond donors (Lipinski definition) is 0. The molecule has 0 bridgehead atoms. The Morgan fingerprint density at radius 2 is 2.12 bits per heavy atom. The molecule has 0 N–H and O–H groups in total. The Hall–Kier alpha value is -1.16. The van der Waals surface area contributed by atoms with Gasteiger partial charge in [0.1, 0.15) is 0 Å². The molecule has 2 rings (SSSR count). The van der Waals surface area contributed by atoms with E-state index in [1.165, 1.54) is 0 Å². The van der Waals surface area contributed by atoms with Crippen molar-refractivity contribution in [1.29, 1.82) is 0 Å². The molecule has 0 aliphatic rings. The largest absolute Gasteiger partial charge is 0.262 e. The van der Waals surface area contributed by atoms with Crippen molar-refractivity contribution >= 4 is 22.7 Å². The SMILES string of the molecule is CCCc1nc(SC(C)C)nc2cnccc12. The van der Waals surface area contributed by atoms with E-state index >= 15 is 0 Å². The van der Waals surface area contributed by atoms with Crippen molar-refractivity contribution in [2.45, 2.75) is 44.0 Å². The smallest absolute Gasteiger partial charge is 0.188 e. The highest BCUT2D eigenvalue weighted by Gasteiger charge is 2.08. The van der Waals surface area contributed by atoms with Gasteiger partial charge in [0.25, 0.3) is 0 Å². The van der Waals surface area contributed by atoms with Gasteiger partial charge in [0, 0.05) is 16.8 Å².